The lowest BCUT2D eigenvalue weighted by Crippen LogP contribution is -2.08. The van der Waals surface area contributed by atoms with Crippen molar-refractivity contribution >= 4 is 0 Å². The van der Waals surface area contributed by atoms with Crippen molar-refractivity contribution in [1.82, 2.24) is 0 Å². The first-order chi connectivity index (χ1) is 6.72. The summed E-state index contributed by atoms with van der Waals surface area (Å²) in [6.45, 7) is 9.28. The van der Waals surface area contributed by atoms with Crippen molar-refractivity contribution in [2.45, 2.75) is 72.6 Å². The summed E-state index contributed by atoms with van der Waals surface area (Å²) in [5.41, 5.74) is 0. The first-order valence-corrected chi connectivity index (χ1v) is 6.55. The van der Waals surface area contributed by atoms with Gasteiger partial charge >= 0.3 is 0 Å². The molecule has 0 bridgehead atoms. The monoisotopic (exact) mass is 197 g/mol. The highest BCUT2D eigenvalue weighted by atomic mass is 14.2. The molecule has 2 unspecified atom stereocenters. The Morgan fingerprint density at radius 1 is 0.929 bits per heavy atom. The van der Waals surface area contributed by atoms with Gasteiger partial charge in [0.25, 0.3) is 0 Å². The van der Waals surface area contributed by atoms with Crippen LogP contribution < -0.4 is 0 Å². The minimum atomic E-state index is 0.811. The van der Waals surface area contributed by atoms with E-state index in [2.05, 4.69) is 34.1 Å². The topological polar surface area (TPSA) is 0 Å². The highest BCUT2D eigenvalue weighted by Gasteiger charge is 2.10. The van der Waals surface area contributed by atoms with Gasteiger partial charge in [-0.15, -0.1) is 0 Å². The molecule has 0 aromatic carbocycles. The predicted molar refractivity (Wildman–Crippen MR) is 66.3 cm³/mol. The Balaban J connectivity index is 3.29. The summed E-state index contributed by atoms with van der Waals surface area (Å²) in [5.74, 6) is 1.70. The van der Waals surface area contributed by atoms with Crippen LogP contribution in [-0.4, -0.2) is 0 Å². The van der Waals surface area contributed by atoms with E-state index in [0.29, 0.717) is 0 Å². The van der Waals surface area contributed by atoms with Crippen LogP contribution in [0, 0.1) is 18.3 Å². The molecule has 0 aliphatic heterocycles. The van der Waals surface area contributed by atoms with E-state index < -0.39 is 0 Å². The zero-order valence-electron chi connectivity index (χ0n) is 10.7. The fourth-order valence-electron chi connectivity index (χ4n) is 1.94. The maximum Gasteiger partial charge on any atom is -0.0358 e. The molecule has 0 spiro atoms. The third kappa shape index (κ3) is 7.41. The molecule has 14 heavy (non-hydrogen) atoms. The molecular formula is C14H29. The molecule has 0 aromatic rings. The normalized spacial score (nSPS) is 15.4. The second-order valence-corrected chi connectivity index (χ2v) is 4.68. The highest BCUT2D eigenvalue weighted by molar-refractivity contribution is 4.75. The first-order valence-electron chi connectivity index (χ1n) is 6.55. The first kappa shape index (κ1) is 14.0. The van der Waals surface area contributed by atoms with Crippen LogP contribution in [0.5, 0.6) is 0 Å². The summed E-state index contributed by atoms with van der Waals surface area (Å²) < 4.78 is 0. The summed E-state index contributed by atoms with van der Waals surface area (Å²) in [7, 11) is 0. The van der Waals surface area contributed by atoms with E-state index in [1.54, 1.807) is 0 Å². The molecule has 0 N–H and O–H groups in total. The highest BCUT2D eigenvalue weighted by Crippen LogP contribution is 2.21. The Hall–Kier alpha value is 0. The Labute approximate surface area is 91.5 Å². The van der Waals surface area contributed by atoms with Crippen molar-refractivity contribution < 1.29 is 0 Å². The molecule has 0 amide bonds. The van der Waals surface area contributed by atoms with Crippen LogP contribution in [0.15, 0.2) is 0 Å². The van der Waals surface area contributed by atoms with Gasteiger partial charge in [0.05, 0.1) is 0 Å². The lowest BCUT2D eigenvalue weighted by molar-refractivity contribution is 0.382. The van der Waals surface area contributed by atoms with Gasteiger partial charge in [0.2, 0.25) is 0 Å². The van der Waals surface area contributed by atoms with Gasteiger partial charge < -0.3 is 0 Å². The number of hydrogen-bond donors (Lipinski definition) is 0. The van der Waals surface area contributed by atoms with Crippen molar-refractivity contribution in [3.63, 3.8) is 0 Å². The van der Waals surface area contributed by atoms with Gasteiger partial charge in [-0.25, -0.2) is 0 Å². The van der Waals surface area contributed by atoms with E-state index in [1.165, 1.54) is 44.9 Å². The molecule has 0 aromatic heterocycles. The molecule has 85 valence electrons. The summed E-state index contributed by atoms with van der Waals surface area (Å²) in [6, 6.07) is 0. The van der Waals surface area contributed by atoms with E-state index in [1.807, 2.05) is 0 Å². The van der Waals surface area contributed by atoms with Crippen LogP contribution >= 0.6 is 0 Å². The molecule has 1 radical (unpaired) electrons. The van der Waals surface area contributed by atoms with Crippen LogP contribution in [0.3, 0.4) is 0 Å². The molecule has 0 fully saturated rings. The summed E-state index contributed by atoms with van der Waals surface area (Å²) in [6.07, 6.45) is 12.2. The molecule has 0 aliphatic carbocycles. The van der Waals surface area contributed by atoms with E-state index >= 15 is 0 Å². The smallest absolute Gasteiger partial charge is 0.0358 e. The second kappa shape index (κ2) is 9.55. The largest absolute Gasteiger partial charge is 0.0654 e. The Morgan fingerprint density at radius 2 is 1.57 bits per heavy atom. The maximum atomic E-state index is 2.46. The van der Waals surface area contributed by atoms with Crippen LogP contribution in [0.25, 0.3) is 0 Å². The van der Waals surface area contributed by atoms with E-state index in [9.17, 15) is 0 Å². The maximum absolute atomic E-state index is 2.46. The fourth-order valence-corrected chi connectivity index (χ4v) is 1.94. The molecule has 0 saturated heterocycles. The molecule has 0 rings (SSSR count). The van der Waals surface area contributed by atoms with Gasteiger partial charge in [-0.1, -0.05) is 72.6 Å². The van der Waals surface area contributed by atoms with Crippen molar-refractivity contribution in [2.75, 3.05) is 0 Å². The average Bonchev–Trinajstić information content (AvgIpc) is 2.17. The Kier molecular flexibility index (Phi) is 9.55. The predicted octanol–water partition coefficient (Wildman–Crippen LogP) is 5.23. The molecule has 2 atom stereocenters. The van der Waals surface area contributed by atoms with Crippen molar-refractivity contribution in [1.29, 1.82) is 0 Å². The van der Waals surface area contributed by atoms with E-state index in [0.717, 1.165) is 11.8 Å². The summed E-state index contributed by atoms with van der Waals surface area (Å²) in [5, 5.41) is 0. The summed E-state index contributed by atoms with van der Waals surface area (Å²) in [4.78, 5) is 0. The van der Waals surface area contributed by atoms with Crippen molar-refractivity contribution in [3.8, 4) is 0 Å². The van der Waals surface area contributed by atoms with Crippen molar-refractivity contribution in [3.05, 3.63) is 6.42 Å². The van der Waals surface area contributed by atoms with Gasteiger partial charge in [0.1, 0.15) is 0 Å². The quantitative estimate of drug-likeness (QED) is 0.444. The Morgan fingerprint density at radius 3 is 2.14 bits per heavy atom. The van der Waals surface area contributed by atoms with E-state index in [-0.39, 0.29) is 0 Å². The minimum absolute atomic E-state index is 0.811. The van der Waals surface area contributed by atoms with Crippen LogP contribution in [0.4, 0.5) is 0 Å². The average molecular weight is 197 g/mol. The van der Waals surface area contributed by atoms with Gasteiger partial charge in [-0.2, -0.15) is 0 Å². The zero-order chi connectivity index (χ0) is 10.8. The zero-order valence-corrected chi connectivity index (χ0v) is 10.7. The SMILES string of the molecule is CC[CH]C(C)C(C)CCCCCCC. The minimum Gasteiger partial charge on any atom is -0.0654 e. The molecule has 0 nitrogen and oxygen atoms in total. The van der Waals surface area contributed by atoms with Crippen LogP contribution in [0.2, 0.25) is 0 Å². The van der Waals surface area contributed by atoms with Gasteiger partial charge in [0, 0.05) is 0 Å². The summed E-state index contributed by atoms with van der Waals surface area (Å²) >= 11 is 0. The molecule has 0 aliphatic rings. The van der Waals surface area contributed by atoms with Gasteiger partial charge in [-0.05, 0) is 18.3 Å². The number of unbranched alkanes of at least 4 members (excludes halogenated alkanes) is 4. The standard InChI is InChI=1S/C14H29/c1-5-7-8-9-10-12-14(4)13(3)11-6-2/h11,13-14H,5-10,12H2,1-4H3. The van der Waals surface area contributed by atoms with Gasteiger partial charge in [-0.3, -0.25) is 0 Å². The second-order valence-electron chi connectivity index (χ2n) is 4.68. The van der Waals surface area contributed by atoms with Gasteiger partial charge in [0.15, 0.2) is 0 Å². The third-order valence-electron chi connectivity index (χ3n) is 3.27. The van der Waals surface area contributed by atoms with Crippen LogP contribution in [0.1, 0.15) is 72.6 Å². The fraction of sp³-hybridized carbons (Fsp3) is 0.929. The molecule has 0 heteroatoms. The lowest BCUT2D eigenvalue weighted by Gasteiger charge is -2.18. The van der Waals surface area contributed by atoms with Crippen molar-refractivity contribution in [2.24, 2.45) is 11.8 Å². The third-order valence-corrected chi connectivity index (χ3v) is 3.27. The number of hydrogen-bond acceptors (Lipinski definition) is 0. The molecular weight excluding hydrogens is 168 g/mol. The Bertz CT molecular complexity index is 107. The van der Waals surface area contributed by atoms with E-state index in [4.69, 9.17) is 0 Å². The molecule has 0 heterocycles. The number of rotatable bonds is 9. The van der Waals surface area contributed by atoms with Crippen LogP contribution in [-0.2, 0) is 0 Å². The lowest BCUT2D eigenvalue weighted by atomic mass is 9.87. The molecule has 0 saturated carbocycles.